The lowest BCUT2D eigenvalue weighted by Gasteiger charge is -2.48. The molecule has 4 rings (SSSR count). The summed E-state index contributed by atoms with van der Waals surface area (Å²) >= 11 is 1.53. The van der Waals surface area contributed by atoms with Gasteiger partial charge in [-0.1, -0.05) is 37.3 Å². The van der Waals surface area contributed by atoms with Crippen LogP contribution in [-0.4, -0.2) is 51.8 Å². The molecule has 5 nitrogen and oxygen atoms in total. The third-order valence-corrected chi connectivity index (χ3v) is 7.80. The van der Waals surface area contributed by atoms with E-state index in [1.165, 1.54) is 22.2 Å². The van der Waals surface area contributed by atoms with Gasteiger partial charge < -0.3 is 9.84 Å². The number of rotatable bonds is 5. The summed E-state index contributed by atoms with van der Waals surface area (Å²) in [5, 5.41) is 10.8. The summed E-state index contributed by atoms with van der Waals surface area (Å²) in [6, 6.07) is 10.7. The molecule has 1 aromatic rings. The predicted octanol–water partition coefficient (Wildman–Crippen LogP) is 3.17. The van der Waals surface area contributed by atoms with E-state index in [2.05, 4.69) is 37.3 Å². The van der Waals surface area contributed by atoms with E-state index < -0.39 is 6.10 Å². The SMILES string of the molecule is CC1C(O)C(SCCN2C(=O)CCC2=O)OC2CCC(c3ccccc3)CC21. The van der Waals surface area contributed by atoms with Gasteiger partial charge in [-0.05, 0) is 42.6 Å². The molecule has 6 atom stereocenters. The second-order valence-corrected chi connectivity index (χ2v) is 9.49. The predicted molar refractivity (Wildman–Crippen MR) is 109 cm³/mol. The highest BCUT2D eigenvalue weighted by Crippen LogP contribution is 2.46. The van der Waals surface area contributed by atoms with Crippen molar-refractivity contribution < 1.29 is 19.4 Å². The molecule has 6 unspecified atom stereocenters. The average molecular weight is 404 g/mol. The van der Waals surface area contributed by atoms with E-state index in [4.69, 9.17) is 4.74 Å². The van der Waals surface area contributed by atoms with Crippen LogP contribution in [0.4, 0.5) is 0 Å². The number of benzene rings is 1. The third-order valence-electron chi connectivity index (χ3n) is 6.66. The van der Waals surface area contributed by atoms with E-state index in [-0.39, 0.29) is 29.3 Å². The Hall–Kier alpha value is -1.37. The van der Waals surface area contributed by atoms with Crippen LogP contribution in [0.5, 0.6) is 0 Å². The van der Waals surface area contributed by atoms with Crippen molar-refractivity contribution in [1.29, 1.82) is 0 Å². The van der Waals surface area contributed by atoms with E-state index in [0.29, 0.717) is 37.0 Å². The van der Waals surface area contributed by atoms with Gasteiger partial charge in [0.15, 0.2) is 0 Å². The summed E-state index contributed by atoms with van der Waals surface area (Å²) in [5.74, 6) is 1.53. The molecule has 2 amide bonds. The maximum absolute atomic E-state index is 11.7. The number of carbonyl (C=O) groups is 2. The minimum Gasteiger partial charge on any atom is -0.389 e. The molecule has 0 spiro atoms. The number of amides is 2. The van der Waals surface area contributed by atoms with Crippen molar-refractivity contribution in [2.75, 3.05) is 12.3 Å². The largest absolute Gasteiger partial charge is 0.389 e. The third kappa shape index (κ3) is 4.00. The number of fused-ring (bicyclic) bond motifs is 1. The zero-order valence-electron chi connectivity index (χ0n) is 16.3. The van der Waals surface area contributed by atoms with Gasteiger partial charge >= 0.3 is 0 Å². The van der Waals surface area contributed by atoms with Crippen LogP contribution in [0.3, 0.4) is 0 Å². The molecule has 1 aromatic carbocycles. The molecule has 2 heterocycles. The molecular weight excluding hydrogens is 374 g/mol. The molecular formula is C22H29NO4S. The van der Waals surface area contributed by atoms with E-state index in [9.17, 15) is 14.7 Å². The fourth-order valence-electron chi connectivity index (χ4n) is 4.95. The van der Waals surface area contributed by atoms with Crippen molar-refractivity contribution in [3.05, 3.63) is 35.9 Å². The zero-order valence-corrected chi connectivity index (χ0v) is 17.1. The van der Waals surface area contributed by atoms with Crippen LogP contribution in [0.2, 0.25) is 0 Å². The Morgan fingerprint density at radius 2 is 1.86 bits per heavy atom. The fraction of sp³-hybridized carbons (Fsp3) is 0.636. The van der Waals surface area contributed by atoms with Crippen molar-refractivity contribution in [3.8, 4) is 0 Å². The number of hydrogen-bond acceptors (Lipinski definition) is 5. The highest BCUT2D eigenvalue weighted by molar-refractivity contribution is 7.99. The molecule has 3 aliphatic rings. The van der Waals surface area contributed by atoms with Gasteiger partial charge in [0, 0.05) is 25.1 Å². The van der Waals surface area contributed by atoms with E-state index in [1.807, 2.05) is 0 Å². The minimum absolute atomic E-state index is 0.0802. The fourth-order valence-corrected chi connectivity index (χ4v) is 6.14. The summed E-state index contributed by atoms with van der Waals surface area (Å²) < 4.78 is 6.30. The van der Waals surface area contributed by atoms with Gasteiger partial charge in [-0.3, -0.25) is 14.5 Å². The summed E-state index contributed by atoms with van der Waals surface area (Å²) in [5.41, 5.74) is 1.11. The summed E-state index contributed by atoms with van der Waals surface area (Å²) in [4.78, 5) is 24.8. The number of aliphatic hydroxyl groups is 1. The van der Waals surface area contributed by atoms with Crippen LogP contribution in [0.1, 0.15) is 50.5 Å². The molecule has 0 radical (unpaired) electrons. The van der Waals surface area contributed by atoms with E-state index >= 15 is 0 Å². The zero-order chi connectivity index (χ0) is 19.7. The first-order valence-corrected chi connectivity index (χ1v) is 11.4. The van der Waals surface area contributed by atoms with Crippen molar-refractivity contribution in [2.24, 2.45) is 11.8 Å². The highest BCUT2D eigenvalue weighted by Gasteiger charge is 2.45. The quantitative estimate of drug-likeness (QED) is 0.765. The Kier molecular flexibility index (Phi) is 6.09. The molecule has 1 aliphatic carbocycles. The van der Waals surface area contributed by atoms with Gasteiger partial charge in [-0.25, -0.2) is 0 Å². The number of hydrogen-bond donors (Lipinski definition) is 1. The van der Waals surface area contributed by atoms with Crippen LogP contribution in [0, 0.1) is 11.8 Å². The molecule has 1 N–H and O–H groups in total. The lowest BCUT2D eigenvalue weighted by Crippen LogP contribution is -2.51. The Morgan fingerprint density at radius 3 is 2.57 bits per heavy atom. The molecule has 28 heavy (non-hydrogen) atoms. The van der Waals surface area contributed by atoms with E-state index in [1.54, 1.807) is 0 Å². The summed E-state index contributed by atoms with van der Waals surface area (Å²) in [6.07, 6.45) is 3.51. The monoisotopic (exact) mass is 403 g/mol. The number of aliphatic hydroxyl groups excluding tert-OH is 1. The first-order chi connectivity index (χ1) is 13.5. The average Bonchev–Trinajstić information content (AvgIpc) is 3.04. The van der Waals surface area contributed by atoms with Crippen molar-refractivity contribution in [2.45, 2.75) is 62.6 Å². The standard InChI is InChI=1S/C22H29NO4S/c1-14-17-13-16(15-5-3-2-4-6-15)7-8-18(17)27-22(21(14)26)28-12-11-23-19(24)9-10-20(23)25/h2-6,14,16-18,21-22,26H,7-13H2,1H3. The maximum atomic E-state index is 11.7. The maximum Gasteiger partial charge on any atom is 0.229 e. The van der Waals surface area contributed by atoms with Gasteiger partial charge in [0.2, 0.25) is 11.8 Å². The number of nitrogens with zero attached hydrogens (tertiary/aromatic N) is 1. The second-order valence-electron chi connectivity index (χ2n) is 8.29. The topological polar surface area (TPSA) is 66.8 Å². The normalized spacial score (nSPS) is 35.9. The lowest BCUT2D eigenvalue weighted by atomic mass is 9.69. The number of likely N-dealkylation sites (tertiary alicyclic amines) is 1. The number of thioether (sulfide) groups is 1. The van der Waals surface area contributed by atoms with Gasteiger partial charge in [-0.2, -0.15) is 0 Å². The smallest absolute Gasteiger partial charge is 0.229 e. The number of imide groups is 1. The van der Waals surface area contributed by atoms with Gasteiger partial charge in [0.05, 0.1) is 12.2 Å². The first kappa shape index (κ1) is 19.9. The Balaban J connectivity index is 1.33. The Bertz CT molecular complexity index is 694. The van der Waals surface area contributed by atoms with Crippen LogP contribution >= 0.6 is 11.8 Å². The van der Waals surface area contributed by atoms with Crippen molar-refractivity contribution in [3.63, 3.8) is 0 Å². The molecule has 2 saturated heterocycles. The summed E-state index contributed by atoms with van der Waals surface area (Å²) in [6.45, 7) is 2.55. The van der Waals surface area contributed by atoms with Gasteiger partial charge in [0.1, 0.15) is 5.44 Å². The first-order valence-electron chi connectivity index (χ1n) is 10.4. The highest BCUT2D eigenvalue weighted by atomic mass is 32.2. The molecule has 152 valence electrons. The minimum atomic E-state index is -0.522. The number of ether oxygens (including phenoxy) is 1. The Morgan fingerprint density at radius 1 is 1.14 bits per heavy atom. The van der Waals surface area contributed by atoms with Crippen LogP contribution in [0.25, 0.3) is 0 Å². The van der Waals surface area contributed by atoms with E-state index in [0.717, 1.165) is 19.3 Å². The molecule has 6 heteroatoms. The summed E-state index contributed by atoms with van der Waals surface area (Å²) in [7, 11) is 0. The molecule has 2 aliphatic heterocycles. The van der Waals surface area contributed by atoms with Gasteiger partial charge in [-0.15, -0.1) is 11.8 Å². The molecule has 0 bridgehead atoms. The number of carbonyl (C=O) groups excluding carboxylic acids is 2. The van der Waals surface area contributed by atoms with Crippen molar-refractivity contribution in [1.82, 2.24) is 4.90 Å². The van der Waals surface area contributed by atoms with Crippen LogP contribution in [0.15, 0.2) is 30.3 Å². The van der Waals surface area contributed by atoms with Crippen LogP contribution < -0.4 is 0 Å². The molecule has 0 aromatic heterocycles. The van der Waals surface area contributed by atoms with Gasteiger partial charge in [0.25, 0.3) is 0 Å². The van der Waals surface area contributed by atoms with Crippen LogP contribution in [-0.2, 0) is 14.3 Å². The Labute approximate surface area is 170 Å². The van der Waals surface area contributed by atoms with Crippen molar-refractivity contribution >= 4 is 23.6 Å². The second kappa shape index (κ2) is 8.56. The molecule has 3 fully saturated rings. The molecule has 1 saturated carbocycles. The lowest BCUT2D eigenvalue weighted by molar-refractivity contribution is -0.151.